The van der Waals surface area contributed by atoms with Crippen LogP contribution in [0.1, 0.15) is 18.7 Å². The van der Waals surface area contributed by atoms with Gasteiger partial charge >= 0.3 is 0 Å². The minimum absolute atomic E-state index is 0.00326. The molecule has 1 N–H and O–H groups in total. The number of amides is 1. The number of pyridine rings is 2. The maximum atomic E-state index is 16.0. The summed E-state index contributed by atoms with van der Waals surface area (Å²) in [7, 11) is 3.46. The molecule has 238 valence electrons. The van der Waals surface area contributed by atoms with Gasteiger partial charge in [0.25, 0.3) is 0 Å². The lowest BCUT2D eigenvalue weighted by Gasteiger charge is -2.32. The van der Waals surface area contributed by atoms with Crippen LogP contribution < -0.4 is 15.0 Å². The van der Waals surface area contributed by atoms with E-state index in [-0.39, 0.29) is 36.5 Å². The average molecular weight is 646 g/mol. The van der Waals surface area contributed by atoms with Gasteiger partial charge in [-0.3, -0.25) is 19.4 Å². The van der Waals surface area contributed by atoms with Crippen molar-refractivity contribution < 1.29 is 23.0 Å². The van der Waals surface area contributed by atoms with Crippen molar-refractivity contribution in [2.45, 2.75) is 19.5 Å². The molecule has 1 unspecified atom stereocenters. The first kappa shape index (κ1) is 30.4. The number of benzene rings is 1. The highest BCUT2D eigenvalue weighted by atomic mass is 32.1. The van der Waals surface area contributed by atoms with Gasteiger partial charge in [-0.2, -0.15) is 5.10 Å². The molecule has 13 heteroatoms. The van der Waals surface area contributed by atoms with Gasteiger partial charge in [-0.15, -0.1) is 11.3 Å². The van der Waals surface area contributed by atoms with E-state index in [4.69, 9.17) is 19.6 Å². The van der Waals surface area contributed by atoms with Crippen molar-refractivity contribution in [2.24, 2.45) is 0 Å². The number of aromatic nitrogens is 4. The van der Waals surface area contributed by atoms with E-state index in [1.54, 1.807) is 17.3 Å². The maximum absolute atomic E-state index is 16.0. The average Bonchev–Trinajstić information content (AvgIpc) is 3.70. The molecule has 5 aromatic rings. The molecule has 1 atom stereocenters. The van der Waals surface area contributed by atoms with Crippen molar-refractivity contribution in [3.8, 4) is 39.5 Å². The summed E-state index contributed by atoms with van der Waals surface area (Å²) < 4.78 is 44.3. The minimum Gasteiger partial charge on any atom is -0.490 e. The molecule has 46 heavy (non-hydrogen) atoms. The largest absolute Gasteiger partial charge is 0.490 e. The third-order valence-corrected chi connectivity index (χ3v) is 9.35. The Morgan fingerprint density at radius 1 is 1.07 bits per heavy atom. The van der Waals surface area contributed by atoms with Gasteiger partial charge in [-0.05, 0) is 37.6 Å². The Bertz CT molecular complexity index is 1940. The van der Waals surface area contributed by atoms with Gasteiger partial charge in [0, 0.05) is 72.3 Å². The van der Waals surface area contributed by atoms with Crippen LogP contribution >= 0.6 is 11.3 Å². The van der Waals surface area contributed by atoms with Crippen LogP contribution in [0, 0.1) is 11.6 Å². The number of thiophene rings is 1. The van der Waals surface area contributed by atoms with Crippen LogP contribution in [0.3, 0.4) is 0 Å². The zero-order chi connectivity index (χ0) is 31.9. The summed E-state index contributed by atoms with van der Waals surface area (Å²) in [5, 5.41) is 11.1. The quantitative estimate of drug-likeness (QED) is 0.232. The number of hydrogen-bond donors (Lipinski definition) is 1. The van der Waals surface area contributed by atoms with Crippen molar-refractivity contribution in [3.63, 3.8) is 0 Å². The number of methoxy groups -OCH3 is 1. The van der Waals surface area contributed by atoms with Crippen molar-refractivity contribution in [3.05, 3.63) is 65.4 Å². The third-order valence-electron chi connectivity index (χ3n) is 8.41. The zero-order valence-electron chi connectivity index (χ0n) is 25.7. The van der Waals surface area contributed by atoms with Gasteiger partial charge < -0.3 is 19.7 Å². The number of anilines is 1. The predicted molar refractivity (Wildman–Crippen MR) is 173 cm³/mol. The number of carbonyl (C=O) groups excluding carboxylic acids is 1. The van der Waals surface area contributed by atoms with Gasteiger partial charge in [0.15, 0.2) is 0 Å². The summed E-state index contributed by atoms with van der Waals surface area (Å²) in [5.41, 5.74) is 4.55. The molecule has 1 amide bonds. The van der Waals surface area contributed by atoms with Crippen LogP contribution in [0.5, 0.6) is 5.75 Å². The highest BCUT2D eigenvalue weighted by molar-refractivity contribution is 7.18. The topological polar surface area (TPSA) is 97.6 Å². The van der Waals surface area contributed by atoms with Gasteiger partial charge in [-0.1, -0.05) is 0 Å². The predicted octanol–water partition coefficient (Wildman–Crippen LogP) is 5.13. The molecule has 7 rings (SSSR count). The molecule has 6 heterocycles. The van der Waals surface area contributed by atoms with E-state index in [0.29, 0.717) is 53.5 Å². The third kappa shape index (κ3) is 5.53. The first-order chi connectivity index (χ1) is 22.3. The van der Waals surface area contributed by atoms with E-state index in [9.17, 15) is 9.18 Å². The molecule has 0 bridgehead atoms. The van der Waals surface area contributed by atoms with Crippen LogP contribution in [0.15, 0.2) is 48.1 Å². The summed E-state index contributed by atoms with van der Waals surface area (Å²) in [5.74, 6) is -1.47. The van der Waals surface area contributed by atoms with Crippen LogP contribution in [-0.4, -0.2) is 84.1 Å². The molecule has 0 spiro atoms. The number of piperazine rings is 1. The Kier molecular flexibility index (Phi) is 8.24. The minimum atomic E-state index is -0.769. The van der Waals surface area contributed by atoms with Crippen LogP contribution in [0.2, 0.25) is 0 Å². The molecule has 2 aliphatic heterocycles. The van der Waals surface area contributed by atoms with Crippen molar-refractivity contribution in [1.29, 1.82) is 0 Å². The smallest absolute Gasteiger partial charge is 0.241 e. The summed E-state index contributed by atoms with van der Waals surface area (Å²) in [4.78, 5) is 26.3. The number of halogens is 2. The molecule has 10 nitrogen and oxygen atoms in total. The molecule has 1 fully saturated rings. The lowest BCUT2D eigenvalue weighted by atomic mass is 9.96. The van der Waals surface area contributed by atoms with E-state index in [0.717, 1.165) is 34.9 Å². The maximum Gasteiger partial charge on any atom is 0.241 e. The Labute approximate surface area is 268 Å². The van der Waals surface area contributed by atoms with E-state index in [1.807, 2.05) is 40.2 Å². The second-order valence-corrected chi connectivity index (χ2v) is 12.4. The number of fused-ring (bicyclic) bond motifs is 2. The number of hydrogen-bond acceptors (Lipinski definition) is 9. The SMILES string of the molecule is COCCOc1cc(F)cc(F)c1-c1c(-c2cc3n(n2)CCNC3C)nc(-c2cncc(N3CCN(C)CC3=O)c2)c2ccsc12. The van der Waals surface area contributed by atoms with Crippen molar-refractivity contribution in [2.75, 3.05) is 58.5 Å². The Morgan fingerprint density at radius 2 is 1.93 bits per heavy atom. The number of carbonyl (C=O) groups is 1. The Morgan fingerprint density at radius 3 is 2.74 bits per heavy atom. The Balaban J connectivity index is 1.46. The van der Waals surface area contributed by atoms with E-state index < -0.39 is 11.6 Å². The highest BCUT2D eigenvalue weighted by Gasteiger charge is 2.29. The highest BCUT2D eigenvalue weighted by Crippen LogP contribution is 2.47. The summed E-state index contributed by atoms with van der Waals surface area (Å²) in [6.45, 7) is 5.47. The fraction of sp³-hybridized carbons (Fsp3) is 0.333. The molecule has 0 aliphatic carbocycles. The number of nitrogens with one attached hydrogen (secondary N) is 1. The summed E-state index contributed by atoms with van der Waals surface area (Å²) in [6, 6.07) is 7.93. The van der Waals surface area contributed by atoms with Gasteiger partial charge in [0.05, 0.1) is 48.5 Å². The van der Waals surface area contributed by atoms with E-state index >= 15 is 4.39 Å². The van der Waals surface area contributed by atoms with Gasteiger partial charge in [0.2, 0.25) is 5.91 Å². The fourth-order valence-corrected chi connectivity index (χ4v) is 7.09. The molecule has 4 aromatic heterocycles. The van der Waals surface area contributed by atoms with Crippen LogP contribution in [0.4, 0.5) is 14.5 Å². The summed E-state index contributed by atoms with van der Waals surface area (Å²) in [6.07, 6.45) is 3.40. The molecule has 0 radical (unpaired) electrons. The van der Waals surface area contributed by atoms with Crippen LogP contribution in [0.25, 0.3) is 43.9 Å². The van der Waals surface area contributed by atoms with E-state index in [1.165, 1.54) is 24.5 Å². The van der Waals surface area contributed by atoms with Crippen molar-refractivity contribution in [1.82, 2.24) is 30.0 Å². The normalized spacial score (nSPS) is 17.1. The number of rotatable bonds is 8. The lowest BCUT2D eigenvalue weighted by Crippen LogP contribution is -2.48. The number of ether oxygens (including phenoxy) is 2. The number of likely N-dealkylation sites (N-methyl/N-ethyl adjacent to an activating group) is 1. The standard InChI is InChI=1S/C33H33F2N7O3S/c1-19-26-15-25(39-42(26)6-5-37-19)32-30(29-24(35)13-21(34)14-27(29)45-10-9-44-3)33-23(4-11-46-33)31(38-32)20-12-22(17-36-16-20)41-8-7-40(2)18-28(41)43/h4,11-17,19,37H,5-10,18H2,1-3H3. The van der Waals surface area contributed by atoms with Crippen molar-refractivity contribution >= 4 is 33.0 Å². The molecular weight excluding hydrogens is 612 g/mol. The molecule has 2 aliphatic rings. The Hall–Kier alpha value is -4.30. The van der Waals surface area contributed by atoms with Crippen LogP contribution in [-0.2, 0) is 16.1 Å². The molecule has 0 saturated carbocycles. The second kappa shape index (κ2) is 12.5. The molecular formula is C33H33F2N7O3S. The second-order valence-electron chi connectivity index (χ2n) is 11.5. The van der Waals surface area contributed by atoms with Gasteiger partial charge in [-0.25, -0.2) is 13.8 Å². The lowest BCUT2D eigenvalue weighted by molar-refractivity contribution is -0.120. The summed E-state index contributed by atoms with van der Waals surface area (Å²) >= 11 is 1.43. The molecule has 1 saturated heterocycles. The van der Waals surface area contributed by atoms with E-state index in [2.05, 4.69) is 17.2 Å². The zero-order valence-corrected chi connectivity index (χ0v) is 26.5. The van der Waals surface area contributed by atoms with Gasteiger partial charge in [0.1, 0.15) is 35.4 Å². The monoisotopic (exact) mass is 645 g/mol. The first-order valence-corrected chi connectivity index (χ1v) is 16.0. The number of nitrogens with zero attached hydrogens (tertiary/aromatic N) is 6. The first-order valence-electron chi connectivity index (χ1n) is 15.1. The fourth-order valence-electron chi connectivity index (χ4n) is 6.14. The molecule has 1 aromatic carbocycles.